The van der Waals surface area contributed by atoms with E-state index in [9.17, 15) is 14.7 Å². The Hall–Kier alpha value is -3.44. The Kier molecular flexibility index (Phi) is 8.94. The minimum atomic E-state index is -0.590. The highest BCUT2D eigenvalue weighted by molar-refractivity contribution is 5.90. The van der Waals surface area contributed by atoms with Crippen molar-refractivity contribution in [2.45, 2.75) is 71.0 Å². The number of allylic oxidation sites excluding steroid dienone is 3. The fraction of sp³-hybridized carbons (Fsp3) is 0.444. The average molecular weight is 555 g/mol. The smallest absolute Gasteiger partial charge is 0.338 e. The number of carbonyl (C=O) groups excluding carboxylic acids is 2. The number of esters is 2. The molecule has 5 nitrogen and oxygen atoms in total. The second-order valence-electron chi connectivity index (χ2n) is 12.3. The maximum Gasteiger partial charge on any atom is 0.338 e. The topological polar surface area (TPSA) is 72.8 Å². The van der Waals surface area contributed by atoms with Crippen molar-refractivity contribution in [2.75, 3.05) is 6.61 Å². The summed E-state index contributed by atoms with van der Waals surface area (Å²) in [6.07, 6.45) is 9.94. The highest BCUT2D eigenvalue weighted by atomic mass is 16.6. The molecule has 41 heavy (non-hydrogen) atoms. The number of fused-ring (bicyclic) bond motifs is 1. The molecule has 0 amide bonds. The number of aliphatic hydroxyl groups is 1. The number of hydrogen-bond acceptors (Lipinski definition) is 5. The first kappa shape index (κ1) is 29.1. The third-order valence-corrected chi connectivity index (χ3v) is 9.78. The van der Waals surface area contributed by atoms with Crippen LogP contribution >= 0.6 is 0 Å². The second-order valence-corrected chi connectivity index (χ2v) is 12.3. The molecule has 6 atom stereocenters. The summed E-state index contributed by atoms with van der Waals surface area (Å²) in [6.45, 7) is 9.18. The first-order valence-electron chi connectivity index (χ1n) is 15.0. The van der Waals surface area contributed by atoms with E-state index in [0.717, 1.165) is 36.8 Å². The highest BCUT2D eigenvalue weighted by Gasteiger charge is 2.50. The Morgan fingerprint density at radius 1 is 1.00 bits per heavy atom. The molecule has 0 heterocycles. The molecule has 2 aromatic rings. The largest absolute Gasteiger partial charge is 0.458 e. The van der Waals surface area contributed by atoms with Gasteiger partial charge in [0.05, 0.1) is 11.1 Å². The van der Waals surface area contributed by atoms with Crippen molar-refractivity contribution >= 4 is 11.9 Å². The van der Waals surface area contributed by atoms with Gasteiger partial charge in [-0.3, -0.25) is 0 Å². The van der Waals surface area contributed by atoms with Gasteiger partial charge in [-0.1, -0.05) is 74.5 Å². The molecule has 216 valence electrons. The zero-order valence-electron chi connectivity index (χ0n) is 24.3. The van der Waals surface area contributed by atoms with E-state index in [1.165, 1.54) is 12.0 Å². The third-order valence-electron chi connectivity index (χ3n) is 9.78. The zero-order valence-corrected chi connectivity index (χ0v) is 24.3. The average Bonchev–Trinajstić information content (AvgIpc) is 3.36. The Labute approximate surface area is 244 Å². The molecule has 3 aliphatic carbocycles. The van der Waals surface area contributed by atoms with E-state index in [1.54, 1.807) is 36.4 Å². The summed E-state index contributed by atoms with van der Waals surface area (Å²) in [6, 6.07) is 17.9. The van der Waals surface area contributed by atoms with E-state index in [-0.39, 0.29) is 18.0 Å². The Bertz CT molecular complexity index is 1310. The van der Waals surface area contributed by atoms with Crippen molar-refractivity contribution in [1.82, 2.24) is 0 Å². The Morgan fingerprint density at radius 3 is 2.27 bits per heavy atom. The van der Waals surface area contributed by atoms with Crippen LogP contribution in [0.3, 0.4) is 0 Å². The van der Waals surface area contributed by atoms with Crippen LogP contribution < -0.4 is 0 Å². The van der Waals surface area contributed by atoms with Gasteiger partial charge in [-0.15, -0.1) is 0 Å². The molecule has 1 N–H and O–H groups in total. The SMILES string of the molecule is C=C1/C(=C\C=C2CCC[C@]3(C)[C@@H]([C@H](C)CO)CC[C@@H]23)C[C@@H](OC(=O)c2ccccc2)C[C@@H]1OC(=O)c1ccccc1. The van der Waals surface area contributed by atoms with E-state index in [2.05, 4.69) is 32.6 Å². The summed E-state index contributed by atoms with van der Waals surface area (Å²) in [7, 11) is 0. The summed E-state index contributed by atoms with van der Waals surface area (Å²) in [5.41, 5.74) is 4.34. The maximum absolute atomic E-state index is 13.0. The highest BCUT2D eigenvalue weighted by Crippen LogP contribution is 2.59. The minimum absolute atomic E-state index is 0.204. The van der Waals surface area contributed by atoms with Crippen LogP contribution in [0.4, 0.5) is 0 Å². The van der Waals surface area contributed by atoms with Crippen LogP contribution in [0.5, 0.6) is 0 Å². The molecule has 0 saturated heterocycles. The molecule has 3 aliphatic rings. The van der Waals surface area contributed by atoms with E-state index in [4.69, 9.17) is 9.47 Å². The van der Waals surface area contributed by atoms with Crippen LogP contribution in [0.1, 0.15) is 79.5 Å². The number of ether oxygens (including phenoxy) is 2. The molecule has 5 heteroatoms. The normalized spacial score (nSPS) is 30.6. The summed E-state index contributed by atoms with van der Waals surface area (Å²) in [5.74, 6) is 0.542. The fourth-order valence-corrected chi connectivity index (χ4v) is 7.55. The lowest BCUT2D eigenvalue weighted by Gasteiger charge is -2.44. The molecule has 0 bridgehead atoms. The van der Waals surface area contributed by atoms with Gasteiger partial charge in [0.15, 0.2) is 0 Å². The van der Waals surface area contributed by atoms with Crippen LogP contribution in [-0.2, 0) is 9.47 Å². The van der Waals surface area contributed by atoms with Gasteiger partial charge in [-0.25, -0.2) is 9.59 Å². The van der Waals surface area contributed by atoms with Gasteiger partial charge in [-0.2, -0.15) is 0 Å². The number of hydrogen-bond donors (Lipinski definition) is 1. The van der Waals surface area contributed by atoms with Crippen LogP contribution in [0.2, 0.25) is 0 Å². The van der Waals surface area contributed by atoms with Gasteiger partial charge >= 0.3 is 11.9 Å². The Morgan fingerprint density at radius 2 is 1.63 bits per heavy atom. The molecular formula is C36H42O5. The molecule has 0 spiro atoms. The van der Waals surface area contributed by atoms with E-state index >= 15 is 0 Å². The van der Waals surface area contributed by atoms with Gasteiger partial charge in [0.25, 0.3) is 0 Å². The number of rotatable bonds is 7. The van der Waals surface area contributed by atoms with E-state index in [1.807, 2.05) is 24.3 Å². The van der Waals surface area contributed by atoms with Crippen molar-refractivity contribution < 1.29 is 24.2 Å². The van der Waals surface area contributed by atoms with E-state index < -0.39 is 18.2 Å². The van der Waals surface area contributed by atoms with Crippen LogP contribution in [0.25, 0.3) is 0 Å². The summed E-state index contributed by atoms with van der Waals surface area (Å²) in [5, 5.41) is 9.88. The molecule has 0 unspecified atom stereocenters. The van der Waals surface area contributed by atoms with Crippen molar-refractivity contribution in [3.63, 3.8) is 0 Å². The lowest BCUT2D eigenvalue weighted by Crippen LogP contribution is -2.36. The first-order chi connectivity index (χ1) is 19.8. The van der Waals surface area contributed by atoms with Crippen molar-refractivity contribution in [3.8, 4) is 0 Å². The van der Waals surface area contributed by atoms with Gasteiger partial charge in [0.2, 0.25) is 0 Å². The molecule has 0 radical (unpaired) electrons. The predicted octanol–water partition coefficient (Wildman–Crippen LogP) is 7.49. The van der Waals surface area contributed by atoms with Crippen molar-refractivity contribution in [1.29, 1.82) is 0 Å². The van der Waals surface area contributed by atoms with Gasteiger partial charge in [-0.05, 0) is 90.7 Å². The summed E-state index contributed by atoms with van der Waals surface area (Å²) < 4.78 is 11.9. The standard InChI is InChI=1S/C36H42O5/c1-24(23-37)31-18-19-32-26(15-10-20-36(31,32)3)16-17-29-21-30(40-34(38)27-11-6-4-7-12-27)22-33(25(29)2)41-35(39)28-13-8-5-9-14-28/h4-9,11-14,16-17,24,30-33,37H,2,10,15,18-23H2,1,3H3/b26-16?,29-17-/t24-,30-,31-,32+,33+,36-/m1/s1. The molecule has 3 fully saturated rings. The van der Waals surface area contributed by atoms with Crippen molar-refractivity contribution in [3.05, 3.63) is 107 Å². The predicted molar refractivity (Wildman–Crippen MR) is 160 cm³/mol. The van der Waals surface area contributed by atoms with Crippen LogP contribution in [-0.4, -0.2) is 35.9 Å². The summed E-state index contributed by atoms with van der Waals surface area (Å²) in [4.78, 5) is 25.9. The lowest BCUT2D eigenvalue weighted by molar-refractivity contribution is 0.00217. The van der Waals surface area contributed by atoms with Gasteiger partial charge in [0, 0.05) is 19.4 Å². The molecule has 3 saturated carbocycles. The molecule has 0 aliphatic heterocycles. The fourth-order valence-electron chi connectivity index (χ4n) is 7.55. The number of benzene rings is 2. The molecule has 2 aromatic carbocycles. The van der Waals surface area contributed by atoms with Crippen molar-refractivity contribution in [2.24, 2.45) is 23.2 Å². The third kappa shape index (κ3) is 6.25. The quantitative estimate of drug-likeness (QED) is 0.359. The van der Waals surface area contributed by atoms with Crippen LogP contribution in [0, 0.1) is 23.2 Å². The number of aliphatic hydroxyl groups excluding tert-OH is 1. The maximum atomic E-state index is 13.0. The summed E-state index contributed by atoms with van der Waals surface area (Å²) >= 11 is 0. The molecular weight excluding hydrogens is 512 g/mol. The van der Waals surface area contributed by atoms with E-state index in [0.29, 0.717) is 41.7 Å². The van der Waals surface area contributed by atoms with Gasteiger partial charge in [0.1, 0.15) is 12.2 Å². The Balaban J connectivity index is 1.39. The molecule has 0 aromatic heterocycles. The lowest BCUT2D eigenvalue weighted by atomic mass is 9.61. The minimum Gasteiger partial charge on any atom is -0.458 e. The number of carbonyl (C=O) groups is 2. The monoisotopic (exact) mass is 554 g/mol. The van der Waals surface area contributed by atoms with Crippen LogP contribution in [0.15, 0.2) is 96.1 Å². The second kappa shape index (κ2) is 12.6. The first-order valence-corrected chi connectivity index (χ1v) is 15.0. The zero-order chi connectivity index (χ0) is 29.0. The molecule has 5 rings (SSSR count). The van der Waals surface area contributed by atoms with Gasteiger partial charge < -0.3 is 14.6 Å².